The van der Waals surface area contributed by atoms with Crippen LogP contribution in [0.1, 0.15) is 37.8 Å². The highest BCUT2D eigenvalue weighted by atomic mass is 14.7. The first kappa shape index (κ1) is 12.6. The lowest BCUT2D eigenvalue weighted by molar-refractivity contribution is 0.302. The Labute approximate surface area is 115 Å². The number of benzene rings is 1. The van der Waals surface area contributed by atoms with Gasteiger partial charge in [0.2, 0.25) is 0 Å². The molecule has 0 radical (unpaired) electrons. The van der Waals surface area contributed by atoms with Crippen molar-refractivity contribution < 1.29 is 0 Å². The Hall–Kier alpha value is -1.41. The third kappa shape index (κ3) is 2.95. The van der Waals surface area contributed by atoms with Gasteiger partial charge in [-0.3, -0.25) is 4.98 Å². The highest BCUT2D eigenvalue weighted by Crippen LogP contribution is 2.27. The SMILES string of the molecule is NC(Cc1ccc2ccccc2n1)C1CCCCC1. The highest BCUT2D eigenvalue weighted by molar-refractivity contribution is 5.78. The van der Waals surface area contributed by atoms with Gasteiger partial charge in [-0.15, -0.1) is 0 Å². The van der Waals surface area contributed by atoms with E-state index in [2.05, 4.69) is 30.3 Å². The van der Waals surface area contributed by atoms with Crippen molar-refractivity contribution in [3.63, 3.8) is 0 Å². The van der Waals surface area contributed by atoms with Gasteiger partial charge in [-0.25, -0.2) is 0 Å². The molecule has 2 aromatic rings. The lowest BCUT2D eigenvalue weighted by Gasteiger charge is -2.27. The number of nitrogens with two attached hydrogens (primary N) is 1. The van der Waals surface area contributed by atoms with E-state index in [1.807, 2.05) is 6.07 Å². The van der Waals surface area contributed by atoms with Crippen LogP contribution in [-0.2, 0) is 6.42 Å². The monoisotopic (exact) mass is 254 g/mol. The van der Waals surface area contributed by atoms with E-state index in [4.69, 9.17) is 10.7 Å². The molecule has 1 aromatic heterocycles. The number of rotatable bonds is 3. The maximum absolute atomic E-state index is 6.38. The fourth-order valence-electron chi connectivity index (χ4n) is 3.19. The molecule has 1 fully saturated rings. The van der Waals surface area contributed by atoms with Crippen molar-refractivity contribution in [3.05, 3.63) is 42.1 Å². The minimum Gasteiger partial charge on any atom is -0.327 e. The van der Waals surface area contributed by atoms with Crippen LogP contribution in [0.3, 0.4) is 0 Å². The topological polar surface area (TPSA) is 38.9 Å². The van der Waals surface area contributed by atoms with Gasteiger partial charge in [-0.1, -0.05) is 43.5 Å². The molecular weight excluding hydrogens is 232 g/mol. The quantitative estimate of drug-likeness (QED) is 0.907. The molecule has 1 aliphatic rings. The maximum Gasteiger partial charge on any atom is 0.0705 e. The predicted octanol–water partition coefficient (Wildman–Crippen LogP) is 3.68. The third-order valence-electron chi connectivity index (χ3n) is 4.36. The summed E-state index contributed by atoms with van der Waals surface area (Å²) in [5.41, 5.74) is 8.60. The zero-order valence-electron chi connectivity index (χ0n) is 11.4. The van der Waals surface area contributed by atoms with E-state index >= 15 is 0 Å². The molecule has 1 saturated carbocycles. The Balaban J connectivity index is 1.73. The second-order valence-corrected chi connectivity index (χ2v) is 5.76. The van der Waals surface area contributed by atoms with Crippen molar-refractivity contribution >= 4 is 10.9 Å². The average molecular weight is 254 g/mol. The number of pyridine rings is 1. The smallest absolute Gasteiger partial charge is 0.0705 e. The Morgan fingerprint density at radius 1 is 1.05 bits per heavy atom. The Bertz CT molecular complexity index is 544. The van der Waals surface area contributed by atoms with Gasteiger partial charge in [0.05, 0.1) is 5.52 Å². The van der Waals surface area contributed by atoms with Crippen molar-refractivity contribution in [2.75, 3.05) is 0 Å². The average Bonchev–Trinajstić information content (AvgIpc) is 2.48. The molecule has 100 valence electrons. The van der Waals surface area contributed by atoms with Gasteiger partial charge in [0.25, 0.3) is 0 Å². The van der Waals surface area contributed by atoms with Gasteiger partial charge in [-0.05, 0) is 30.9 Å². The molecule has 1 heterocycles. The van der Waals surface area contributed by atoms with Crippen molar-refractivity contribution in [1.29, 1.82) is 0 Å². The maximum atomic E-state index is 6.38. The van der Waals surface area contributed by atoms with Crippen molar-refractivity contribution in [3.8, 4) is 0 Å². The van der Waals surface area contributed by atoms with Crippen LogP contribution < -0.4 is 5.73 Å². The van der Waals surface area contributed by atoms with E-state index in [0.717, 1.165) is 17.6 Å². The molecule has 2 N–H and O–H groups in total. The van der Waals surface area contributed by atoms with Crippen LogP contribution in [0.4, 0.5) is 0 Å². The minimum atomic E-state index is 0.272. The van der Waals surface area contributed by atoms with Gasteiger partial charge in [-0.2, -0.15) is 0 Å². The molecule has 1 unspecified atom stereocenters. The lowest BCUT2D eigenvalue weighted by atomic mass is 9.82. The van der Waals surface area contributed by atoms with Gasteiger partial charge in [0, 0.05) is 23.5 Å². The molecule has 1 atom stereocenters. The Kier molecular flexibility index (Phi) is 3.79. The van der Waals surface area contributed by atoms with Crippen LogP contribution in [0.15, 0.2) is 36.4 Å². The Morgan fingerprint density at radius 3 is 2.68 bits per heavy atom. The summed E-state index contributed by atoms with van der Waals surface area (Å²) in [6.45, 7) is 0. The number of fused-ring (bicyclic) bond motifs is 1. The summed E-state index contributed by atoms with van der Waals surface area (Å²) in [6.07, 6.45) is 7.60. The molecule has 0 spiro atoms. The third-order valence-corrected chi connectivity index (χ3v) is 4.36. The highest BCUT2D eigenvalue weighted by Gasteiger charge is 2.20. The largest absolute Gasteiger partial charge is 0.327 e. The van der Waals surface area contributed by atoms with Crippen LogP contribution in [0.5, 0.6) is 0 Å². The molecule has 1 aromatic carbocycles. The first-order valence-electron chi connectivity index (χ1n) is 7.43. The number of aromatic nitrogens is 1. The van der Waals surface area contributed by atoms with Crippen LogP contribution >= 0.6 is 0 Å². The molecule has 0 bridgehead atoms. The lowest BCUT2D eigenvalue weighted by Crippen LogP contribution is -2.33. The number of para-hydroxylation sites is 1. The summed E-state index contributed by atoms with van der Waals surface area (Å²) in [5.74, 6) is 0.696. The summed E-state index contributed by atoms with van der Waals surface area (Å²) in [7, 11) is 0. The second kappa shape index (κ2) is 5.70. The van der Waals surface area contributed by atoms with E-state index in [1.54, 1.807) is 0 Å². The number of hydrogen-bond acceptors (Lipinski definition) is 2. The molecule has 2 heteroatoms. The number of nitrogens with zero attached hydrogens (tertiary/aromatic N) is 1. The Morgan fingerprint density at radius 2 is 1.84 bits per heavy atom. The molecule has 0 saturated heterocycles. The summed E-state index contributed by atoms with van der Waals surface area (Å²) in [5, 5.41) is 1.21. The molecule has 19 heavy (non-hydrogen) atoms. The van der Waals surface area contributed by atoms with E-state index in [0.29, 0.717) is 5.92 Å². The van der Waals surface area contributed by atoms with Crippen LogP contribution in [0, 0.1) is 5.92 Å². The van der Waals surface area contributed by atoms with Crippen molar-refractivity contribution in [2.24, 2.45) is 11.7 Å². The van der Waals surface area contributed by atoms with Crippen LogP contribution in [0.25, 0.3) is 10.9 Å². The molecule has 0 aliphatic heterocycles. The van der Waals surface area contributed by atoms with Gasteiger partial charge in [0.1, 0.15) is 0 Å². The fraction of sp³-hybridized carbons (Fsp3) is 0.471. The van der Waals surface area contributed by atoms with E-state index in [1.165, 1.54) is 37.5 Å². The van der Waals surface area contributed by atoms with E-state index in [9.17, 15) is 0 Å². The molecule has 0 amide bonds. The second-order valence-electron chi connectivity index (χ2n) is 5.76. The summed E-state index contributed by atoms with van der Waals surface area (Å²) in [4.78, 5) is 4.73. The first-order chi connectivity index (χ1) is 9.33. The minimum absolute atomic E-state index is 0.272. The molecular formula is C17H22N2. The van der Waals surface area contributed by atoms with Gasteiger partial charge < -0.3 is 5.73 Å². The van der Waals surface area contributed by atoms with Gasteiger partial charge >= 0.3 is 0 Å². The van der Waals surface area contributed by atoms with E-state index < -0.39 is 0 Å². The normalized spacial score (nSPS) is 18.6. The predicted molar refractivity (Wildman–Crippen MR) is 80.0 cm³/mol. The molecule has 2 nitrogen and oxygen atoms in total. The van der Waals surface area contributed by atoms with E-state index in [-0.39, 0.29) is 6.04 Å². The van der Waals surface area contributed by atoms with Crippen LogP contribution in [0.2, 0.25) is 0 Å². The zero-order valence-corrected chi connectivity index (χ0v) is 11.4. The first-order valence-corrected chi connectivity index (χ1v) is 7.43. The molecule has 1 aliphatic carbocycles. The zero-order chi connectivity index (χ0) is 13.1. The fourth-order valence-corrected chi connectivity index (χ4v) is 3.19. The van der Waals surface area contributed by atoms with Gasteiger partial charge in [0.15, 0.2) is 0 Å². The number of hydrogen-bond donors (Lipinski definition) is 1. The summed E-state index contributed by atoms with van der Waals surface area (Å²) in [6, 6.07) is 12.8. The molecule has 3 rings (SSSR count). The summed E-state index contributed by atoms with van der Waals surface area (Å²) >= 11 is 0. The van der Waals surface area contributed by atoms with Crippen LogP contribution in [-0.4, -0.2) is 11.0 Å². The summed E-state index contributed by atoms with van der Waals surface area (Å²) < 4.78 is 0. The van der Waals surface area contributed by atoms with Crippen molar-refractivity contribution in [1.82, 2.24) is 4.98 Å². The standard InChI is InChI=1S/C17H22N2/c18-16(13-6-2-1-3-7-13)12-15-11-10-14-8-4-5-9-17(14)19-15/h4-5,8-11,13,16H,1-3,6-7,12,18H2. The van der Waals surface area contributed by atoms with Crippen molar-refractivity contribution in [2.45, 2.75) is 44.6 Å².